The largest absolute Gasteiger partial charge is 0.321 e. The fourth-order valence-corrected chi connectivity index (χ4v) is 2.83. The fraction of sp³-hybridized carbons (Fsp3) is 0.0476. The molecule has 0 fully saturated rings. The highest BCUT2D eigenvalue weighted by molar-refractivity contribution is 6.11. The van der Waals surface area contributed by atoms with Crippen LogP contribution in [0, 0.1) is 6.92 Å². The van der Waals surface area contributed by atoms with E-state index >= 15 is 0 Å². The van der Waals surface area contributed by atoms with Gasteiger partial charge in [-0.2, -0.15) is 5.10 Å². The molecule has 122 valence electrons. The van der Waals surface area contributed by atoms with Gasteiger partial charge in [-0.15, -0.1) is 0 Å². The molecule has 0 radical (unpaired) electrons. The molecule has 4 rings (SSSR count). The highest BCUT2D eigenvalue weighted by atomic mass is 16.2. The minimum absolute atomic E-state index is 0.215. The molecule has 3 aromatic carbocycles. The first-order chi connectivity index (χ1) is 12.2. The van der Waals surface area contributed by atoms with E-state index in [9.17, 15) is 4.79 Å². The lowest BCUT2D eigenvalue weighted by atomic mass is 10.2. The quantitative estimate of drug-likeness (QED) is 0.598. The van der Waals surface area contributed by atoms with Crippen LogP contribution in [0.2, 0.25) is 0 Å². The second-order valence-corrected chi connectivity index (χ2v) is 5.93. The second-order valence-electron chi connectivity index (χ2n) is 5.93. The van der Waals surface area contributed by atoms with Gasteiger partial charge in [0.2, 0.25) is 0 Å². The molecule has 4 aromatic rings. The summed E-state index contributed by atoms with van der Waals surface area (Å²) in [6, 6.07) is 25.3. The number of aryl methyl sites for hydroxylation is 1. The van der Waals surface area contributed by atoms with E-state index in [1.165, 1.54) is 5.56 Å². The lowest BCUT2D eigenvalue weighted by molar-refractivity contribution is 0.102. The van der Waals surface area contributed by atoms with Gasteiger partial charge in [-0.25, -0.2) is 4.68 Å². The van der Waals surface area contributed by atoms with Crippen molar-refractivity contribution in [1.82, 2.24) is 9.78 Å². The van der Waals surface area contributed by atoms with Gasteiger partial charge in [-0.05, 0) is 37.3 Å². The summed E-state index contributed by atoms with van der Waals surface area (Å²) >= 11 is 0. The van der Waals surface area contributed by atoms with Crippen LogP contribution in [0.3, 0.4) is 0 Å². The Bertz CT molecular complexity index is 1030. The number of carbonyl (C=O) groups is 1. The Kier molecular flexibility index (Phi) is 3.78. The molecule has 0 spiro atoms. The van der Waals surface area contributed by atoms with E-state index in [-0.39, 0.29) is 5.91 Å². The molecule has 1 amide bonds. The van der Waals surface area contributed by atoms with Crippen LogP contribution in [0.5, 0.6) is 0 Å². The van der Waals surface area contributed by atoms with Crippen molar-refractivity contribution in [3.8, 4) is 5.69 Å². The summed E-state index contributed by atoms with van der Waals surface area (Å²) in [6.45, 7) is 2.05. The van der Waals surface area contributed by atoms with Crippen molar-refractivity contribution < 1.29 is 4.79 Å². The first kappa shape index (κ1) is 15.1. The predicted molar refractivity (Wildman–Crippen MR) is 100 cm³/mol. The average Bonchev–Trinajstić information content (AvgIpc) is 3.03. The standard InChI is InChI=1S/C21H17N3O/c1-15-11-13-17(14-12-15)24-19-10-6-5-9-18(19)20(23-24)21(25)22-16-7-3-2-4-8-16/h2-14H,1H3,(H,22,25). The topological polar surface area (TPSA) is 46.9 Å². The number of anilines is 1. The Hall–Kier alpha value is -3.40. The van der Waals surface area contributed by atoms with Gasteiger partial charge in [-0.1, -0.05) is 54.1 Å². The number of rotatable bonds is 3. The Morgan fingerprint density at radius 1 is 0.880 bits per heavy atom. The van der Waals surface area contributed by atoms with Crippen molar-refractivity contribution in [2.45, 2.75) is 6.92 Å². The zero-order valence-corrected chi connectivity index (χ0v) is 13.8. The molecular formula is C21H17N3O. The molecule has 0 aliphatic rings. The number of aromatic nitrogens is 2. The molecule has 0 saturated heterocycles. The lowest BCUT2D eigenvalue weighted by Gasteiger charge is -2.04. The van der Waals surface area contributed by atoms with Crippen LogP contribution in [-0.2, 0) is 0 Å². The third-order valence-corrected chi connectivity index (χ3v) is 4.11. The smallest absolute Gasteiger partial charge is 0.276 e. The van der Waals surface area contributed by atoms with Crippen molar-refractivity contribution in [3.63, 3.8) is 0 Å². The number of para-hydroxylation sites is 2. The van der Waals surface area contributed by atoms with Crippen LogP contribution >= 0.6 is 0 Å². The summed E-state index contributed by atoms with van der Waals surface area (Å²) in [5.74, 6) is -0.215. The number of nitrogens with one attached hydrogen (secondary N) is 1. The molecule has 0 aliphatic heterocycles. The minimum atomic E-state index is -0.215. The molecule has 0 saturated carbocycles. The van der Waals surface area contributed by atoms with Gasteiger partial charge < -0.3 is 5.32 Å². The molecule has 4 nitrogen and oxygen atoms in total. The maximum atomic E-state index is 12.7. The number of hydrogen-bond acceptors (Lipinski definition) is 2. The van der Waals surface area contributed by atoms with Gasteiger partial charge in [0, 0.05) is 11.1 Å². The van der Waals surface area contributed by atoms with Crippen LogP contribution in [-0.4, -0.2) is 15.7 Å². The predicted octanol–water partition coefficient (Wildman–Crippen LogP) is 4.59. The van der Waals surface area contributed by atoms with Crippen molar-refractivity contribution in [2.24, 2.45) is 0 Å². The maximum Gasteiger partial charge on any atom is 0.276 e. The van der Waals surface area contributed by atoms with Crippen molar-refractivity contribution >= 4 is 22.5 Å². The molecule has 0 unspecified atom stereocenters. The molecule has 0 atom stereocenters. The van der Waals surface area contributed by atoms with Gasteiger partial charge in [0.05, 0.1) is 11.2 Å². The number of carbonyl (C=O) groups excluding carboxylic acids is 1. The Morgan fingerprint density at radius 3 is 2.32 bits per heavy atom. The van der Waals surface area contributed by atoms with Crippen LogP contribution < -0.4 is 5.32 Å². The minimum Gasteiger partial charge on any atom is -0.321 e. The van der Waals surface area contributed by atoms with E-state index in [0.717, 1.165) is 22.3 Å². The molecule has 1 N–H and O–H groups in total. The van der Waals surface area contributed by atoms with E-state index in [4.69, 9.17) is 0 Å². The number of amides is 1. The Balaban J connectivity index is 1.79. The Morgan fingerprint density at radius 2 is 1.56 bits per heavy atom. The monoisotopic (exact) mass is 327 g/mol. The number of nitrogens with zero attached hydrogens (tertiary/aromatic N) is 2. The van der Waals surface area contributed by atoms with Gasteiger partial charge in [0.1, 0.15) is 0 Å². The summed E-state index contributed by atoms with van der Waals surface area (Å²) in [7, 11) is 0. The summed E-state index contributed by atoms with van der Waals surface area (Å²) in [5, 5.41) is 8.33. The SMILES string of the molecule is Cc1ccc(-n2nc(C(=O)Nc3ccccc3)c3ccccc32)cc1. The highest BCUT2D eigenvalue weighted by Crippen LogP contribution is 2.23. The Labute approximate surface area is 145 Å². The molecule has 4 heteroatoms. The molecule has 0 aliphatic carbocycles. The van der Waals surface area contributed by atoms with Gasteiger partial charge >= 0.3 is 0 Å². The van der Waals surface area contributed by atoms with E-state index in [1.807, 2.05) is 90.5 Å². The van der Waals surface area contributed by atoms with E-state index in [2.05, 4.69) is 10.4 Å². The number of benzene rings is 3. The maximum absolute atomic E-state index is 12.7. The van der Waals surface area contributed by atoms with Crippen LogP contribution in [0.15, 0.2) is 78.9 Å². The van der Waals surface area contributed by atoms with E-state index < -0.39 is 0 Å². The molecule has 1 heterocycles. The number of hydrogen-bond donors (Lipinski definition) is 1. The molecular weight excluding hydrogens is 310 g/mol. The second kappa shape index (κ2) is 6.24. The summed E-state index contributed by atoms with van der Waals surface area (Å²) in [6.07, 6.45) is 0. The first-order valence-electron chi connectivity index (χ1n) is 8.13. The first-order valence-corrected chi connectivity index (χ1v) is 8.13. The fourth-order valence-electron chi connectivity index (χ4n) is 2.83. The van der Waals surface area contributed by atoms with E-state index in [0.29, 0.717) is 5.69 Å². The summed E-state index contributed by atoms with van der Waals surface area (Å²) in [4.78, 5) is 12.7. The zero-order chi connectivity index (χ0) is 17.2. The molecule has 1 aromatic heterocycles. The molecule has 0 bridgehead atoms. The summed E-state index contributed by atoms with van der Waals surface area (Å²) in [5.41, 5.74) is 4.19. The summed E-state index contributed by atoms with van der Waals surface area (Å²) < 4.78 is 1.81. The normalized spacial score (nSPS) is 10.8. The van der Waals surface area contributed by atoms with E-state index in [1.54, 1.807) is 0 Å². The molecule has 25 heavy (non-hydrogen) atoms. The van der Waals surface area contributed by atoms with Crippen molar-refractivity contribution in [1.29, 1.82) is 0 Å². The third kappa shape index (κ3) is 2.90. The van der Waals surface area contributed by atoms with Crippen LogP contribution in [0.25, 0.3) is 16.6 Å². The third-order valence-electron chi connectivity index (χ3n) is 4.11. The van der Waals surface area contributed by atoms with Gasteiger partial charge in [-0.3, -0.25) is 4.79 Å². The van der Waals surface area contributed by atoms with Gasteiger partial charge in [0.25, 0.3) is 5.91 Å². The average molecular weight is 327 g/mol. The van der Waals surface area contributed by atoms with Crippen molar-refractivity contribution in [3.05, 3.63) is 90.1 Å². The van der Waals surface area contributed by atoms with Crippen molar-refractivity contribution in [2.75, 3.05) is 5.32 Å². The zero-order valence-electron chi connectivity index (χ0n) is 13.8. The number of fused-ring (bicyclic) bond motifs is 1. The lowest BCUT2D eigenvalue weighted by Crippen LogP contribution is -2.13. The van der Waals surface area contributed by atoms with Crippen LogP contribution in [0.4, 0.5) is 5.69 Å². The van der Waals surface area contributed by atoms with Gasteiger partial charge in [0.15, 0.2) is 5.69 Å². The van der Waals surface area contributed by atoms with Crippen LogP contribution in [0.1, 0.15) is 16.1 Å². The highest BCUT2D eigenvalue weighted by Gasteiger charge is 2.17.